The molecule has 0 aromatic heterocycles. The molecule has 2 N–H and O–H groups in total. The molecule has 2 unspecified atom stereocenters. The molecule has 0 rings (SSSR count). The van der Waals surface area contributed by atoms with Gasteiger partial charge in [-0.3, -0.25) is 4.79 Å². The third-order valence-electron chi connectivity index (χ3n) is 4.00. The van der Waals surface area contributed by atoms with Crippen molar-refractivity contribution < 1.29 is 14.6 Å². The van der Waals surface area contributed by atoms with Crippen LogP contribution in [0.15, 0.2) is 0 Å². The SMILES string of the molecule is CCCNC(CC)(CCCN(C)C(C)COC)C(=O)O. The number of rotatable bonds is 12. The van der Waals surface area contributed by atoms with Gasteiger partial charge in [-0.15, -0.1) is 0 Å². The lowest BCUT2D eigenvalue weighted by molar-refractivity contribution is -0.145. The Balaban J connectivity index is 4.36. The minimum Gasteiger partial charge on any atom is -0.480 e. The minimum absolute atomic E-state index is 0.351. The van der Waals surface area contributed by atoms with Gasteiger partial charge in [0.05, 0.1) is 6.61 Å². The van der Waals surface area contributed by atoms with Crippen LogP contribution >= 0.6 is 0 Å². The molecule has 5 heteroatoms. The van der Waals surface area contributed by atoms with E-state index in [-0.39, 0.29) is 0 Å². The largest absolute Gasteiger partial charge is 0.480 e. The first kappa shape index (κ1) is 19.4. The molecule has 0 aliphatic carbocycles. The van der Waals surface area contributed by atoms with E-state index in [9.17, 15) is 9.90 Å². The summed E-state index contributed by atoms with van der Waals surface area (Å²) < 4.78 is 5.14. The summed E-state index contributed by atoms with van der Waals surface area (Å²) in [7, 11) is 3.75. The van der Waals surface area contributed by atoms with Crippen LogP contribution in [0.3, 0.4) is 0 Å². The highest BCUT2D eigenvalue weighted by Gasteiger charge is 2.35. The van der Waals surface area contributed by atoms with E-state index >= 15 is 0 Å². The fourth-order valence-electron chi connectivity index (χ4n) is 2.31. The van der Waals surface area contributed by atoms with Crippen LogP contribution in [-0.4, -0.2) is 61.4 Å². The van der Waals surface area contributed by atoms with Crippen LogP contribution in [0.2, 0.25) is 0 Å². The Labute approximate surface area is 123 Å². The molecule has 0 fully saturated rings. The Kier molecular flexibility index (Phi) is 9.80. The highest BCUT2D eigenvalue weighted by Crippen LogP contribution is 2.19. The number of nitrogens with one attached hydrogen (secondary N) is 1. The molecule has 0 radical (unpaired) electrons. The molecule has 0 aromatic carbocycles. The van der Waals surface area contributed by atoms with Gasteiger partial charge in [0.2, 0.25) is 0 Å². The smallest absolute Gasteiger partial charge is 0.323 e. The molecule has 5 nitrogen and oxygen atoms in total. The average molecular weight is 288 g/mol. The van der Waals surface area contributed by atoms with Gasteiger partial charge in [0.25, 0.3) is 0 Å². The van der Waals surface area contributed by atoms with Crippen molar-refractivity contribution in [2.75, 3.05) is 33.9 Å². The Morgan fingerprint density at radius 3 is 2.55 bits per heavy atom. The predicted octanol–water partition coefficient (Wildman–Crippen LogP) is 1.97. The summed E-state index contributed by atoms with van der Waals surface area (Å²) in [6, 6.07) is 0.351. The minimum atomic E-state index is -0.776. The van der Waals surface area contributed by atoms with Gasteiger partial charge < -0.3 is 20.1 Å². The van der Waals surface area contributed by atoms with Crippen molar-refractivity contribution in [1.29, 1.82) is 0 Å². The van der Waals surface area contributed by atoms with Gasteiger partial charge in [-0.1, -0.05) is 13.8 Å². The van der Waals surface area contributed by atoms with Crippen LogP contribution in [0.1, 0.15) is 46.5 Å². The molecule has 0 aliphatic heterocycles. The Bertz CT molecular complexity index is 274. The van der Waals surface area contributed by atoms with Crippen molar-refractivity contribution in [2.45, 2.75) is 58.0 Å². The lowest BCUT2D eigenvalue weighted by Gasteiger charge is -2.31. The van der Waals surface area contributed by atoms with Crippen LogP contribution in [0, 0.1) is 0 Å². The van der Waals surface area contributed by atoms with E-state index in [1.807, 2.05) is 6.92 Å². The second kappa shape index (κ2) is 10.1. The average Bonchev–Trinajstić information content (AvgIpc) is 2.42. The van der Waals surface area contributed by atoms with E-state index in [0.717, 1.165) is 25.9 Å². The topological polar surface area (TPSA) is 61.8 Å². The van der Waals surface area contributed by atoms with E-state index in [1.165, 1.54) is 0 Å². The van der Waals surface area contributed by atoms with Gasteiger partial charge in [0.1, 0.15) is 5.54 Å². The molecular formula is C15H32N2O3. The van der Waals surface area contributed by atoms with E-state index in [2.05, 4.69) is 31.1 Å². The summed E-state index contributed by atoms with van der Waals surface area (Å²) >= 11 is 0. The molecule has 0 amide bonds. The highest BCUT2D eigenvalue weighted by atomic mass is 16.5. The molecule has 0 saturated heterocycles. The van der Waals surface area contributed by atoms with Crippen molar-refractivity contribution >= 4 is 5.97 Å². The molecular weight excluding hydrogens is 256 g/mol. The number of carbonyl (C=O) groups is 1. The number of ether oxygens (including phenoxy) is 1. The maximum Gasteiger partial charge on any atom is 0.323 e. The summed E-state index contributed by atoms with van der Waals surface area (Å²) in [5, 5.41) is 12.7. The Morgan fingerprint density at radius 2 is 2.10 bits per heavy atom. The quantitative estimate of drug-likeness (QED) is 0.575. The maximum absolute atomic E-state index is 11.6. The van der Waals surface area contributed by atoms with Gasteiger partial charge in [-0.2, -0.15) is 0 Å². The number of hydrogen-bond donors (Lipinski definition) is 2. The zero-order valence-corrected chi connectivity index (χ0v) is 13.7. The van der Waals surface area contributed by atoms with Crippen LogP contribution in [0.4, 0.5) is 0 Å². The summed E-state index contributed by atoms with van der Waals surface area (Å²) in [6.07, 6.45) is 3.07. The number of carboxylic acid groups (broad SMARTS) is 1. The van der Waals surface area contributed by atoms with Crippen molar-refractivity contribution in [3.05, 3.63) is 0 Å². The van der Waals surface area contributed by atoms with E-state index < -0.39 is 11.5 Å². The highest BCUT2D eigenvalue weighted by molar-refractivity contribution is 5.78. The molecule has 0 saturated carbocycles. The molecule has 0 bridgehead atoms. The van der Waals surface area contributed by atoms with Crippen molar-refractivity contribution in [2.24, 2.45) is 0 Å². The molecule has 120 valence electrons. The maximum atomic E-state index is 11.6. The first-order valence-corrected chi connectivity index (χ1v) is 7.61. The second-order valence-corrected chi connectivity index (χ2v) is 5.56. The van der Waals surface area contributed by atoms with Gasteiger partial charge in [-0.05, 0) is 52.7 Å². The zero-order chi connectivity index (χ0) is 15.6. The van der Waals surface area contributed by atoms with Crippen LogP contribution in [0.5, 0.6) is 0 Å². The van der Waals surface area contributed by atoms with Gasteiger partial charge in [0, 0.05) is 13.2 Å². The van der Waals surface area contributed by atoms with Crippen LogP contribution in [0.25, 0.3) is 0 Å². The summed E-state index contributed by atoms with van der Waals surface area (Å²) in [5.41, 5.74) is -0.776. The monoisotopic (exact) mass is 288 g/mol. The third-order valence-corrected chi connectivity index (χ3v) is 4.00. The standard InChI is InChI=1S/C15H32N2O3/c1-6-10-16-15(7-2,14(18)19)9-8-11-17(4)13(3)12-20-5/h13,16H,6-12H2,1-5H3,(H,18,19). The first-order chi connectivity index (χ1) is 9.43. The van der Waals surface area contributed by atoms with E-state index in [0.29, 0.717) is 25.5 Å². The van der Waals surface area contributed by atoms with E-state index in [4.69, 9.17) is 4.74 Å². The zero-order valence-electron chi connectivity index (χ0n) is 13.7. The number of aliphatic carboxylic acids is 1. The molecule has 0 spiro atoms. The number of methoxy groups -OCH3 is 1. The van der Waals surface area contributed by atoms with Gasteiger partial charge in [0.15, 0.2) is 0 Å². The second-order valence-electron chi connectivity index (χ2n) is 5.56. The number of hydrogen-bond acceptors (Lipinski definition) is 4. The first-order valence-electron chi connectivity index (χ1n) is 7.61. The van der Waals surface area contributed by atoms with Crippen molar-refractivity contribution in [3.63, 3.8) is 0 Å². The lowest BCUT2D eigenvalue weighted by atomic mass is 9.90. The molecule has 0 heterocycles. The van der Waals surface area contributed by atoms with Gasteiger partial charge >= 0.3 is 5.97 Å². The normalized spacial score (nSPS) is 16.1. The van der Waals surface area contributed by atoms with Crippen LogP contribution in [-0.2, 0) is 9.53 Å². The number of likely N-dealkylation sites (N-methyl/N-ethyl adjacent to an activating group) is 1. The molecule has 0 aliphatic rings. The fourth-order valence-corrected chi connectivity index (χ4v) is 2.31. The third kappa shape index (κ3) is 6.20. The molecule has 0 aromatic rings. The predicted molar refractivity (Wildman–Crippen MR) is 82.2 cm³/mol. The molecule has 20 heavy (non-hydrogen) atoms. The number of carboxylic acids is 1. The summed E-state index contributed by atoms with van der Waals surface area (Å²) in [5.74, 6) is -0.735. The van der Waals surface area contributed by atoms with Gasteiger partial charge in [-0.25, -0.2) is 0 Å². The molecule has 2 atom stereocenters. The fraction of sp³-hybridized carbons (Fsp3) is 0.933. The summed E-state index contributed by atoms with van der Waals surface area (Å²) in [6.45, 7) is 8.43. The Morgan fingerprint density at radius 1 is 1.45 bits per heavy atom. The van der Waals surface area contributed by atoms with E-state index in [1.54, 1.807) is 7.11 Å². The van der Waals surface area contributed by atoms with Crippen LogP contribution < -0.4 is 5.32 Å². The lowest BCUT2D eigenvalue weighted by Crippen LogP contribution is -2.52. The van der Waals surface area contributed by atoms with Crippen molar-refractivity contribution in [1.82, 2.24) is 10.2 Å². The van der Waals surface area contributed by atoms with Crippen molar-refractivity contribution in [3.8, 4) is 0 Å². The Hall–Kier alpha value is -0.650. The summed E-state index contributed by atoms with van der Waals surface area (Å²) in [4.78, 5) is 13.8. The number of nitrogens with zero attached hydrogens (tertiary/aromatic N) is 1.